The molecule has 0 fully saturated rings. The van der Waals surface area contributed by atoms with Crippen molar-refractivity contribution in [3.63, 3.8) is 0 Å². The van der Waals surface area contributed by atoms with Crippen molar-refractivity contribution >= 4 is 29.4 Å². The molecule has 108 valence electrons. The molecule has 0 spiro atoms. The zero-order valence-corrected chi connectivity index (χ0v) is 11.6. The Bertz CT molecular complexity index is 724. The fourth-order valence-corrected chi connectivity index (χ4v) is 1.78. The van der Waals surface area contributed by atoms with Crippen LogP contribution in [0.15, 0.2) is 40.0 Å². The van der Waals surface area contributed by atoms with E-state index < -0.39 is 10.8 Å². The van der Waals surface area contributed by atoms with E-state index in [1.807, 2.05) is 0 Å². The van der Waals surface area contributed by atoms with Crippen LogP contribution in [0, 0.1) is 17.0 Å². The molecule has 1 amide bonds. The van der Waals surface area contributed by atoms with Gasteiger partial charge in [-0.3, -0.25) is 14.9 Å². The predicted octanol–water partition coefficient (Wildman–Crippen LogP) is 2.91. The van der Waals surface area contributed by atoms with Crippen LogP contribution in [0.5, 0.6) is 0 Å². The summed E-state index contributed by atoms with van der Waals surface area (Å²) in [5.41, 5.74) is 2.89. The number of hydrogen-bond donors (Lipinski definition) is 1. The molecule has 7 nitrogen and oxygen atoms in total. The molecule has 0 saturated carbocycles. The number of amides is 1. The fraction of sp³-hybridized carbons (Fsp3) is 0.0769. The van der Waals surface area contributed by atoms with E-state index in [0.29, 0.717) is 16.9 Å². The van der Waals surface area contributed by atoms with Crippen molar-refractivity contribution in [1.29, 1.82) is 0 Å². The summed E-state index contributed by atoms with van der Waals surface area (Å²) in [6.45, 7) is 1.65. The highest BCUT2D eigenvalue weighted by Crippen LogP contribution is 2.24. The van der Waals surface area contributed by atoms with Crippen molar-refractivity contribution in [2.75, 3.05) is 0 Å². The van der Waals surface area contributed by atoms with Gasteiger partial charge in [-0.05, 0) is 19.1 Å². The van der Waals surface area contributed by atoms with Crippen LogP contribution >= 0.6 is 11.6 Å². The third kappa shape index (κ3) is 3.46. The van der Waals surface area contributed by atoms with E-state index in [0.717, 1.165) is 0 Å². The van der Waals surface area contributed by atoms with Crippen LogP contribution in [-0.4, -0.2) is 17.0 Å². The van der Waals surface area contributed by atoms with Crippen molar-refractivity contribution in [1.82, 2.24) is 5.43 Å². The van der Waals surface area contributed by atoms with Gasteiger partial charge in [-0.15, -0.1) is 0 Å². The van der Waals surface area contributed by atoms with Gasteiger partial charge in [0.2, 0.25) is 0 Å². The number of halogens is 1. The summed E-state index contributed by atoms with van der Waals surface area (Å²) < 4.78 is 5.00. The summed E-state index contributed by atoms with van der Waals surface area (Å²) in [5, 5.41) is 14.5. The summed E-state index contributed by atoms with van der Waals surface area (Å²) >= 11 is 5.69. The first-order valence-corrected chi connectivity index (χ1v) is 6.18. The molecule has 1 aromatic heterocycles. The summed E-state index contributed by atoms with van der Waals surface area (Å²) in [6.07, 6.45) is 2.69. The first-order chi connectivity index (χ1) is 9.99. The van der Waals surface area contributed by atoms with E-state index in [-0.39, 0.29) is 10.7 Å². The Morgan fingerprint density at radius 3 is 2.86 bits per heavy atom. The van der Waals surface area contributed by atoms with Gasteiger partial charge in [-0.25, -0.2) is 5.43 Å². The van der Waals surface area contributed by atoms with Crippen LogP contribution in [-0.2, 0) is 0 Å². The lowest BCUT2D eigenvalue weighted by atomic mass is 10.2. The van der Waals surface area contributed by atoms with E-state index in [2.05, 4.69) is 10.5 Å². The lowest BCUT2D eigenvalue weighted by Gasteiger charge is -1.98. The second kappa shape index (κ2) is 6.19. The lowest BCUT2D eigenvalue weighted by Crippen LogP contribution is -2.17. The molecule has 21 heavy (non-hydrogen) atoms. The number of furan rings is 1. The van der Waals surface area contributed by atoms with Crippen LogP contribution in [0.2, 0.25) is 5.02 Å². The Morgan fingerprint density at radius 1 is 1.48 bits per heavy atom. The number of aryl methyl sites for hydroxylation is 1. The average Bonchev–Trinajstić information content (AvgIpc) is 2.86. The molecule has 8 heteroatoms. The zero-order valence-electron chi connectivity index (χ0n) is 10.9. The van der Waals surface area contributed by atoms with Gasteiger partial charge in [0.1, 0.15) is 10.8 Å². The van der Waals surface area contributed by atoms with Gasteiger partial charge in [0.15, 0.2) is 0 Å². The highest BCUT2D eigenvalue weighted by Gasteiger charge is 2.12. The van der Waals surface area contributed by atoms with Gasteiger partial charge in [-0.2, -0.15) is 5.10 Å². The van der Waals surface area contributed by atoms with Crippen molar-refractivity contribution in [3.05, 3.63) is 62.6 Å². The topological polar surface area (TPSA) is 97.7 Å². The molecule has 2 rings (SSSR count). The Kier molecular flexibility index (Phi) is 4.34. The lowest BCUT2D eigenvalue weighted by molar-refractivity contribution is -0.384. The van der Waals surface area contributed by atoms with Crippen LogP contribution in [0.25, 0.3) is 0 Å². The molecule has 1 N–H and O–H groups in total. The van der Waals surface area contributed by atoms with Gasteiger partial charge < -0.3 is 4.42 Å². The number of nitro benzene ring substituents is 1. The zero-order chi connectivity index (χ0) is 15.4. The van der Waals surface area contributed by atoms with E-state index in [1.165, 1.54) is 30.7 Å². The second-order valence-corrected chi connectivity index (χ2v) is 4.46. The maximum Gasteiger partial charge on any atom is 0.288 e. The molecular formula is C13H10ClN3O4. The molecule has 0 aliphatic rings. The largest absolute Gasteiger partial charge is 0.469 e. The summed E-state index contributed by atoms with van der Waals surface area (Å²) in [5.74, 6) is 0.0470. The molecule has 2 aromatic rings. The fourth-order valence-electron chi connectivity index (χ4n) is 1.60. The SMILES string of the molecule is Cc1occc1C(=O)N/N=C/c1ccc(Cl)c([N+](=O)[O-])c1. The highest BCUT2D eigenvalue weighted by atomic mass is 35.5. The van der Waals surface area contributed by atoms with Gasteiger partial charge >= 0.3 is 0 Å². The Morgan fingerprint density at radius 2 is 2.24 bits per heavy atom. The third-order valence-corrected chi connectivity index (χ3v) is 2.97. The van der Waals surface area contributed by atoms with E-state index in [4.69, 9.17) is 16.0 Å². The van der Waals surface area contributed by atoms with Crippen LogP contribution < -0.4 is 5.43 Å². The number of hydrogen-bond acceptors (Lipinski definition) is 5. The molecule has 0 aliphatic carbocycles. The van der Waals surface area contributed by atoms with E-state index in [9.17, 15) is 14.9 Å². The van der Waals surface area contributed by atoms with Crippen LogP contribution in [0.4, 0.5) is 5.69 Å². The number of carbonyl (C=O) groups is 1. The van der Waals surface area contributed by atoms with Gasteiger partial charge in [0.05, 0.1) is 23.0 Å². The molecule has 0 radical (unpaired) electrons. The summed E-state index contributed by atoms with van der Waals surface area (Å²) in [7, 11) is 0. The Hall–Kier alpha value is -2.67. The predicted molar refractivity (Wildman–Crippen MR) is 76.6 cm³/mol. The van der Waals surface area contributed by atoms with Crippen molar-refractivity contribution < 1.29 is 14.1 Å². The number of rotatable bonds is 4. The molecular weight excluding hydrogens is 298 g/mol. The number of nitro groups is 1. The van der Waals surface area contributed by atoms with Crippen molar-refractivity contribution in [2.24, 2.45) is 5.10 Å². The Labute approximate surface area is 124 Å². The smallest absolute Gasteiger partial charge is 0.288 e. The molecule has 0 unspecified atom stereocenters. The van der Waals surface area contributed by atoms with Crippen LogP contribution in [0.1, 0.15) is 21.7 Å². The number of hydrazone groups is 1. The standard InChI is InChI=1S/C13H10ClN3O4/c1-8-10(4-5-21-8)13(18)16-15-7-9-2-3-11(14)12(6-9)17(19)20/h2-7H,1H3,(H,16,18)/b15-7+. The third-order valence-electron chi connectivity index (χ3n) is 2.65. The van der Waals surface area contributed by atoms with Gasteiger partial charge in [0, 0.05) is 11.6 Å². The minimum absolute atomic E-state index is 0.0372. The quantitative estimate of drug-likeness (QED) is 0.533. The van der Waals surface area contributed by atoms with Crippen LogP contribution in [0.3, 0.4) is 0 Å². The maximum absolute atomic E-state index is 11.7. The average molecular weight is 308 g/mol. The molecule has 0 atom stereocenters. The van der Waals surface area contributed by atoms with E-state index >= 15 is 0 Å². The molecule has 0 aliphatic heterocycles. The first kappa shape index (κ1) is 14.7. The molecule has 0 bridgehead atoms. The minimum atomic E-state index is -0.590. The summed E-state index contributed by atoms with van der Waals surface area (Å²) in [4.78, 5) is 21.9. The second-order valence-electron chi connectivity index (χ2n) is 4.06. The van der Waals surface area contributed by atoms with Gasteiger partial charge in [0.25, 0.3) is 11.6 Å². The van der Waals surface area contributed by atoms with Crippen molar-refractivity contribution in [2.45, 2.75) is 6.92 Å². The molecule has 0 saturated heterocycles. The number of nitrogens with zero attached hydrogens (tertiary/aromatic N) is 2. The van der Waals surface area contributed by atoms with Gasteiger partial charge in [-0.1, -0.05) is 17.7 Å². The minimum Gasteiger partial charge on any atom is -0.469 e. The molecule has 1 aromatic carbocycles. The normalized spacial score (nSPS) is 10.8. The number of benzene rings is 1. The van der Waals surface area contributed by atoms with E-state index in [1.54, 1.807) is 13.0 Å². The monoisotopic (exact) mass is 307 g/mol. The summed E-state index contributed by atoms with van der Waals surface area (Å²) in [6, 6.07) is 5.73. The Balaban J connectivity index is 2.08. The molecule has 1 heterocycles. The van der Waals surface area contributed by atoms with Crippen molar-refractivity contribution in [3.8, 4) is 0 Å². The first-order valence-electron chi connectivity index (χ1n) is 5.80. The maximum atomic E-state index is 11.7. The number of carbonyl (C=O) groups excluding carboxylic acids is 1. The highest BCUT2D eigenvalue weighted by molar-refractivity contribution is 6.32. The number of nitrogens with one attached hydrogen (secondary N) is 1.